The zero-order valence-electron chi connectivity index (χ0n) is 12.1. The number of aliphatic carboxylic acids is 1. The third kappa shape index (κ3) is 3.78. The van der Waals surface area contributed by atoms with E-state index in [1.165, 1.54) is 10.9 Å². The van der Waals surface area contributed by atoms with Gasteiger partial charge in [0.25, 0.3) is 0 Å². The van der Waals surface area contributed by atoms with E-state index in [0.717, 1.165) is 32.4 Å². The zero-order chi connectivity index (χ0) is 15.3. The van der Waals surface area contributed by atoms with E-state index in [4.69, 9.17) is 5.11 Å². The van der Waals surface area contributed by atoms with Gasteiger partial charge in [-0.3, -0.25) is 9.59 Å². The molecule has 0 saturated carbocycles. The number of rotatable bonds is 6. The summed E-state index contributed by atoms with van der Waals surface area (Å²) in [4.78, 5) is 23.0. The first-order valence-electron chi connectivity index (χ1n) is 7.15. The number of piperidine rings is 1. The maximum Gasteiger partial charge on any atom is 0.325 e. The van der Waals surface area contributed by atoms with Gasteiger partial charge in [-0.15, -0.1) is 5.10 Å². The summed E-state index contributed by atoms with van der Waals surface area (Å²) in [5, 5.41) is 22.4. The van der Waals surface area contributed by atoms with Gasteiger partial charge in [-0.25, -0.2) is 4.68 Å². The largest absolute Gasteiger partial charge is 0.480 e. The van der Waals surface area contributed by atoms with Crippen LogP contribution < -0.4 is 10.6 Å². The second-order valence-corrected chi connectivity index (χ2v) is 5.37. The second kappa shape index (κ2) is 6.66. The van der Waals surface area contributed by atoms with Crippen LogP contribution in [0.25, 0.3) is 0 Å². The number of carboxylic acids is 1. The van der Waals surface area contributed by atoms with Crippen molar-refractivity contribution in [3.8, 4) is 0 Å². The lowest BCUT2D eigenvalue weighted by atomic mass is 9.76. The van der Waals surface area contributed by atoms with Crippen molar-refractivity contribution in [2.75, 3.05) is 13.1 Å². The molecule has 1 amide bonds. The molecule has 2 rings (SSSR count). The summed E-state index contributed by atoms with van der Waals surface area (Å²) in [6.45, 7) is 3.79. The fourth-order valence-electron chi connectivity index (χ4n) is 2.64. The highest BCUT2D eigenvalue weighted by molar-refractivity contribution is 5.82. The molecule has 8 heteroatoms. The third-order valence-corrected chi connectivity index (χ3v) is 4.03. The van der Waals surface area contributed by atoms with Crippen molar-refractivity contribution < 1.29 is 14.7 Å². The van der Waals surface area contributed by atoms with Crippen molar-refractivity contribution in [1.82, 2.24) is 25.6 Å². The summed E-state index contributed by atoms with van der Waals surface area (Å²) in [6.07, 6.45) is 4.02. The Kier molecular flexibility index (Phi) is 4.89. The van der Waals surface area contributed by atoms with Crippen molar-refractivity contribution in [1.29, 1.82) is 0 Å². The number of nitrogens with one attached hydrogen (secondary N) is 2. The fraction of sp³-hybridized carbons (Fsp3) is 0.692. The standard InChI is InChI=1S/C13H21N5O3/c1-2-13(3-5-14-6-4-13)12(21)15-7-10-8-18(17-16-10)9-11(19)20/h8,14H,2-7,9H2,1H3,(H,15,21)(H,19,20). The number of hydrogen-bond acceptors (Lipinski definition) is 5. The van der Waals surface area contributed by atoms with Crippen LogP contribution in [0.2, 0.25) is 0 Å². The monoisotopic (exact) mass is 295 g/mol. The minimum Gasteiger partial charge on any atom is -0.480 e. The van der Waals surface area contributed by atoms with Crippen LogP contribution in [-0.4, -0.2) is 45.1 Å². The Bertz CT molecular complexity index is 508. The highest BCUT2D eigenvalue weighted by atomic mass is 16.4. The molecule has 0 atom stereocenters. The van der Waals surface area contributed by atoms with Gasteiger partial charge in [-0.1, -0.05) is 12.1 Å². The molecule has 0 bridgehead atoms. The van der Waals surface area contributed by atoms with Gasteiger partial charge in [0.05, 0.1) is 18.2 Å². The van der Waals surface area contributed by atoms with Crippen LogP contribution >= 0.6 is 0 Å². The first-order chi connectivity index (χ1) is 10.1. The number of carboxylic acid groups (broad SMARTS) is 1. The van der Waals surface area contributed by atoms with Crippen LogP contribution in [0.15, 0.2) is 6.20 Å². The van der Waals surface area contributed by atoms with E-state index < -0.39 is 5.97 Å². The maximum absolute atomic E-state index is 12.4. The summed E-state index contributed by atoms with van der Waals surface area (Å²) in [6, 6.07) is 0. The van der Waals surface area contributed by atoms with Gasteiger partial charge >= 0.3 is 5.97 Å². The Morgan fingerprint density at radius 1 is 1.48 bits per heavy atom. The van der Waals surface area contributed by atoms with Crippen LogP contribution in [0.3, 0.4) is 0 Å². The molecule has 0 unspecified atom stereocenters. The Morgan fingerprint density at radius 3 is 2.81 bits per heavy atom. The molecule has 0 radical (unpaired) electrons. The summed E-state index contributed by atoms with van der Waals surface area (Å²) in [7, 11) is 0. The van der Waals surface area contributed by atoms with Gasteiger partial charge in [0, 0.05) is 0 Å². The Hall–Kier alpha value is -1.96. The minimum absolute atomic E-state index is 0.0410. The van der Waals surface area contributed by atoms with Gasteiger partial charge in [0.1, 0.15) is 12.2 Å². The fourth-order valence-corrected chi connectivity index (χ4v) is 2.64. The van der Waals surface area contributed by atoms with Gasteiger partial charge in [-0.05, 0) is 32.4 Å². The summed E-state index contributed by atoms with van der Waals surface area (Å²) in [5.74, 6) is -0.936. The SMILES string of the molecule is CCC1(C(=O)NCc2cn(CC(=O)O)nn2)CCNCC1. The lowest BCUT2D eigenvalue weighted by molar-refractivity contribution is -0.138. The van der Waals surface area contributed by atoms with Crippen LogP contribution in [0.4, 0.5) is 0 Å². The second-order valence-electron chi connectivity index (χ2n) is 5.37. The molecule has 1 aromatic rings. The van der Waals surface area contributed by atoms with Crippen molar-refractivity contribution in [2.45, 2.75) is 39.3 Å². The van der Waals surface area contributed by atoms with Crippen molar-refractivity contribution in [3.63, 3.8) is 0 Å². The van der Waals surface area contributed by atoms with Gasteiger partial charge in [-0.2, -0.15) is 0 Å². The summed E-state index contributed by atoms with van der Waals surface area (Å²) >= 11 is 0. The number of carbonyl (C=O) groups excluding carboxylic acids is 1. The molecule has 1 saturated heterocycles. The molecule has 2 heterocycles. The number of amides is 1. The van der Waals surface area contributed by atoms with E-state index in [1.54, 1.807) is 0 Å². The Balaban J connectivity index is 1.90. The average molecular weight is 295 g/mol. The van der Waals surface area contributed by atoms with Crippen LogP contribution in [0, 0.1) is 5.41 Å². The molecule has 0 aliphatic carbocycles. The number of hydrogen-bond donors (Lipinski definition) is 3. The van der Waals surface area contributed by atoms with Crippen LogP contribution in [0.1, 0.15) is 31.9 Å². The van der Waals surface area contributed by atoms with Crippen LogP contribution in [0.5, 0.6) is 0 Å². The van der Waals surface area contributed by atoms with E-state index in [1.807, 2.05) is 6.92 Å². The number of carbonyl (C=O) groups is 2. The molecule has 1 aliphatic heterocycles. The lowest BCUT2D eigenvalue weighted by Crippen LogP contribution is -2.47. The molecule has 1 aromatic heterocycles. The van der Waals surface area contributed by atoms with Gasteiger partial charge < -0.3 is 15.7 Å². The molecule has 1 fully saturated rings. The molecule has 0 aromatic carbocycles. The molecule has 1 aliphatic rings. The first kappa shape index (κ1) is 15.4. The zero-order valence-corrected chi connectivity index (χ0v) is 12.1. The quantitative estimate of drug-likeness (QED) is 0.668. The number of aromatic nitrogens is 3. The summed E-state index contributed by atoms with van der Waals surface area (Å²) < 4.78 is 1.24. The van der Waals surface area contributed by atoms with Gasteiger partial charge in [0.2, 0.25) is 5.91 Å². The predicted octanol–water partition coefficient (Wildman–Crippen LogP) is -0.241. The normalized spacial score (nSPS) is 17.4. The Morgan fingerprint density at radius 2 is 2.19 bits per heavy atom. The van der Waals surface area contributed by atoms with E-state index in [0.29, 0.717) is 5.69 Å². The highest BCUT2D eigenvalue weighted by Crippen LogP contribution is 2.32. The molecule has 8 nitrogen and oxygen atoms in total. The molecule has 116 valence electrons. The molecule has 21 heavy (non-hydrogen) atoms. The summed E-state index contributed by atoms with van der Waals surface area (Å²) in [5.41, 5.74) is 0.257. The van der Waals surface area contributed by atoms with E-state index >= 15 is 0 Å². The molecular weight excluding hydrogens is 274 g/mol. The third-order valence-electron chi connectivity index (χ3n) is 4.03. The van der Waals surface area contributed by atoms with E-state index in [2.05, 4.69) is 20.9 Å². The molecular formula is C13H21N5O3. The van der Waals surface area contributed by atoms with E-state index in [-0.39, 0.29) is 24.4 Å². The predicted molar refractivity (Wildman–Crippen MR) is 74.3 cm³/mol. The first-order valence-corrected chi connectivity index (χ1v) is 7.15. The number of nitrogens with zero attached hydrogens (tertiary/aromatic N) is 3. The smallest absolute Gasteiger partial charge is 0.325 e. The van der Waals surface area contributed by atoms with Gasteiger partial charge in [0.15, 0.2) is 0 Å². The molecule has 3 N–H and O–H groups in total. The Labute approximate surface area is 122 Å². The highest BCUT2D eigenvalue weighted by Gasteiger charge is 2.37. The van der Waals surface area contributed by atoms with E-state index in [9.17, 15) is 9.59 Å². The average Bonchev–Trinajstić information content (AvgIpc) is 2.92. The van der Waals surface area contributed by atoms with Crippen molar-refractivity contribution in [3.05, 3.63) is 11.9 Å². The minimum atomic E-state index is -0.977. The van der Waals surface area contributed by atoms with Crippen LogP contribution in [-0.2, 0) is 22.7 Å². The molecule has 0 spiro atoms. The van der Waals surface area contributed by atoms with Crippen molar-refractivity contribution in [2.24, 2.45) is 5.41 Å². The maximum atomic E-state index is 12.4. The topological polar surface area (TPSA) is 109 Å². The lowest BCUT2D eigenvalue weighted by Gasteiger charge is -2.35. The van der Waals surface area contributed by atoms with Crippen molar-refractivity contribution >= 4 is 11.9 Å².